The van der Waals surface area contributed by atoms with Crippen molar-refractivity contribution in [3.8, 4) is 0 Å². The molecular formula is C9H11N5O4. The number of nitro benzene ring substituents is 2. The van der Waals surface area contributed by atoms with Crippen molar-refractivity contribution in [2.24, 2.45) is 10.8 Å². The highest BCUT2D eigenvalue weighted by molar-refractivity contribution is 5.67. The molecule has 0 spiro atoms. The molecule has 1 rings (SSSR count). The van der Waals surface area contributed by atoms with Crippen molar-refractivity contribution in [1.29, 1.82) is 0 Å². The number of nitrogens with zero attached hydrogens (tertiary/aromatic N) is 3. The summed E-state index contributed by atoms with van der Waals surface area (Å²) in [5, 5.41) is 25.0. The average molecular weight is 253 g/mol. The molecule has 0 fully saturated rings. The Bertz CT molecular complexity index is 488. The molecule has 0 radical (unpaired) electrons. The fourth-order valence-corrected chi connectivity index (χ4v) is 1.13. The molecule has 0 atom stereocenters. The van der Waals surface area contributed by atoms with Crippen molar-refractivity contribution >= 4 is 23.3 Å². The molecule has 0 amide bonds. The second kappa shape index (κ2) is 6.25. The Morgan fingerprint density at radius 1 is 1.33 bits per heavy atom. The van der Waals surface area contributed by atoms with Gasteiger partial charge in [0.15, 0.2) is 0 Å². The molecule has 0 heterocycles. The number of hydrogen-bond acceptors (Lipinski definition) is 7. The lowest BCUT2D eigenvalue weighted by molar-refractivity contribution is -0.393. The molecule has 1 aromatic carbocycles. The summed E-state index contributed by atoms with van der Waals surface area (Å²) in [4.78, 5) is 19.8. The van der Waals surface area contributed by atoms with Gasteiger partial charge in [0.05, 0.1) is 15.9 Å². The minimum absolute atomic E-state index is 0.0823. The van der Waals surface area contributed by atoms with Gasteiger partial charge < -0.3 is 5.73 Å². The lowest BCUT2D eigenvalue weighted by Crippen LogP contribution is -2.01. The van der Waals surface area contributed by atoms with Gasteiger partial charge in [-0.05, 0) is 19.0 Å². The van der Waals surface area contributed by atoms with Gasteiger partial charge in [0.1, 0.15) is 5.69 Å². The Hall–Kier alpha value is -2.55. The molecule has 0 aliphatic carbocycles. The normalized spacial score (nSPS) is 10.5. The Labute approximate surface area is 102 Å². The van der Waals surface area contributed by atoms with E-state index in [-0.39, 0.29) is 11.4 Å². The lowest BCUT2D eigenvalue weighted by atomic mass is 10.2. The molecule has 0 aliphatic heterocycles. The summed E-state index contributed by atoms with van der Waals surface area (Å²) >= 11 is 0. The monoisotopic (exact) mass is 253 g/mol. The van der Waals surface area contributed by atoms with Crippen LogP contribution in [0.5, 0.6) is 0 Å². The summed E-state index contributed by atoms with van der Waals surface area (Å²) < 4.78 is 0. The van der Waals surface area contributed by atoms with Crippen molar-refractivity contribution in [3.63, 3.8) is 0 Å². The number of nitro groups is 2. The molecule has 0 saturated carbocycles. The largest absolute Gasteiger partial charge is 0.330 e. The smallest absolute Gasteiger partial charge is 0.301 e. The topological polar surface area (TPSA) is 137 Å². The van der Waals surface area contributed by atoms with Crippen LogP contribution in [-0.4, -0.2) is 22.6 Å². The standard InChI is InChI=1S/C9H11N5O4/c10-4-1-5-11-12-8-3-2-7(13(15)16)6-9(8)14(17)18/h2-3,5-6,12H,1,4,10H2. The maximum Gasteiger partial charge on any atom is 0.301 e. The summed E-state index contributed by atoms with van der Waals surface area (Å²) in [5.74, 6) is 0. The van der Waals surface area contributed by atoms with Crippen LogP contribution in [0.15, 0.2) is 23.3 Å². The van der Waals surface area contributed by atoms with Crippen molar-refractivity contribution < 1.29 is 9.85 Å². The number of nitrogens with two attached hydrogens (primary N) is 1. The quantitative estimate of drug-likeness (QED) is 0.444. The van der Waals surface area contributed by atoms with Gasteiger partial charge in [-0.15, -0.1) is 0 Å². The highest BCUT2D eigenvalue weighted by Gasteiger charge is 2.18. The van der Waals surface area contributed by atoms with Gasteiger partial charge in [-0.3, -0.25) is 25.7 Å². The fourth-order valence-electron chi connectivity index (χ4n) is 1.13. The first-order valence-corrected chi connectivity index (χ1v) is 4.96. The number of hydrazone groups is 1. The number of benzene rings is 1. The average Bonchev–Trinajstić information content (AvgIpc) is 2.34. The third kappa shape index (κ3) is 3.49. The van der Waals surface area contributed by atoms with E-state index in [1.54, 1.807) is 0 Å². The summed E-state index contributed by atoms with van der Waals surface area (Å²) in [6, 6.07) is 3.27. The van der Waals surface area contributed by atoms with Crippen LogP contribution in [0.2, 0.25) is 0 Å². The van der Waals surface area contributed by atoms with Crippen molar-refractivity contribution in [2.45, 2.75) is 6.42 Å². The molecule has 0 aromatic heterocycles. The van der Waals surface area contributed by atoms with Crippen molar-refractivity contribution in [3.05, 3.63) is 38.4 Å². The summed E-state index contributed by atoms with van der Waals surface area (Å²) in [5.41, 5.74) is 7.01. The van der Waals surface area contributed by atoms with Gasteiger partial charge in [-0.1, -0.05) is 0 Å². The zero-order valence-corrected chi connectivity index (χ0v) is 9.28. The molecule has 0 saturated heterocycles. The third-order valence-corrected chi connectivity index (χ3v) is 1.96. The van der Waals surface area contributed by atoms with E-state index in [1.807, 2.05) is 0 Å². The van der Waals surface area contributed by atoms with Crippen LogP contribution < -0.4 is 11.2 Å². The summed E-state index contributed by atoms with van der Waals surface area (Å²) in [6.45, 7) is 0.410. The summed E-state index contributed by atoms with van der Waals surface area (Å²) in [7, 11) is 0. The van der Waals surface area contributed by atoms with Gasteiger partial charge in [-0.25, -0.2) is 0 Å². The van der Waals surface area contributed by atoms with Crippen LogP contribution in [-0.2, 0) is 0 Å². The van der Waals surface area contributed by atoms with E-state index in [2.05, 4.69) is 10.5 Å². The molecule has 18 heavy (non-hydrogen) atoms. The Kier molecular flexibility index (Phi) is 4.69. The fraction of sp³-hybridized carbons (Fsp3) is 0.222. The molecule has 0 bridgehead atoms. The molecule has 3 N–H and O–H groups in total. The van der Waals surface area contributed by atoms with Crippen LogP contribution in [0.25, 0.3) is 0 Å². The SMILES string of the molecule is NCCC=NNc1ccc([N+](=O)[O-])cc1[N+](=O)[O-]. The van der Waals surface area contributed by atoms with E-state index in [4.69, 9.17) is 5.73 Å². The second-order valence-corrected chi connectivity index (χ2v) is 3.22. The Morgan fingerprint density at radius 3 is 2.61 bits per heavy atom. The second-order valence-electron chi connectivity index (χ2n) is 3.22. The predicted molar refractivity (Wildman–Crippen MR) is 65.5 cm³/mol. The minimum Gasteiger partial charge on any atom is -0.330 e. The van der Waals surface area contributed by atoms with Crippen LogP contribution in [0.3, 0.4) is 0 Å². The molecule has 0 aliphatic rings. The first kappa shape index (κ1) is 13.5. The number of nitrogens with one attached hydrogen (secondary N) is 1. The van der Waals surface area contributed by atoms with Crippen molar-refractivity contribution in [2.75, 3.05) is 12.0 Å². The van der Waals surface area contributed by atoms with Crippen LogP contribution >= 0.6 is 0 Å². The maximum atomic E-state index is 10.8. The van der Waals surface area contributed by atoms with Gasteiger partial charge >= 0.3 is 5.69 Å². The predicted octanol–water partition coefficient (Wildman–Crippen LogP) is 1.25. The van der Waals surface area contributed by atoms with Crippen LogP contribution in [0, 0.1) is 20.2 Å². The van der Waals surface area contributed by atoms with Crippen LogP contribution in [0.4, 0.5) is 17.1 Å². The summed E-state index contributed by atoms with van der Waals surface area (Å²) in [6.07, 6.45) is 1.99. The van der Waals surface area contributed by atoms with E-state index in [9.17, 15) is 20.2 Å². The van der Waals surface area contributed by atoms with Gasteiger partial charge in [0, 0.05) is 12.3 Å². The highest BCUT2D eigenvalue weighted by atomic mass is 16.6. The Morgan fingerprint density at radius 2 is 2.06 bits per heavy atom. The Balaban J connectivity index is 2.97. The molecule has 96 valence electrons. The lowest BCUT2D eigenvalue weighted by Gasteiger charge is -2.01. The third-order valence-electron chi connectivity index (χ3n) is 1.96. The number of non-ortho nitro benzene ring substituents is 1. The van der Waals surface area contributed by atoms with Gasteiger partial charge in [-0.2, -0.15) is 5.10 Å². The van der Waals surface area contributed by atoms with Gasteiger partial charge in [0.2, 0.25) is 0 Å². The maximum absolute atomic E-state index is 10.8. The number of hydrogen-bond donors (Lipinski definition) is 2. The number of rotatable bonds is 6. The van der Waals surface area contributed by atoms with E-state index in [0.29, 0.717) is 13.0 Å². The molecular weight excluding hydrogens is 242 g/mol. The minimum atomic E-state index is -0.714. The molecule has 9 heteroatoms. The number of anilines is 1. The van der Waals surface area contributed by atoms with E-state index < -0.39 is 15.5 Å². The molecule has 1 aromatic rings. The first-order valence-electron chi connectivity index (χ1n) is 4.96. The molecule has 9 nitrogen and oxygen atoms in total. The highest BCUT2D eigenvalue weighted by Crippen LogP contribution is 2.28. The van der Waals surface area contributed by atoms with E-state index >= 15 is 0 Å². The van der Waals surface area contributed by atoms with E-state index in [1.165, 1.54) is 12.3 Å². The molecule has 0 unspecified atom stereocenters. The van der Waals surface area contributed by atoms with Crippen LogP contribution in [0.1, 0.15) is 6.42 Å². The van der Waals surface area contributed by atoms with Gasteiger partial charge in [0.25, 0.3) is 5.69 Å². The first-order chi connectivity index (χ1) is 8.56. The zero-order valence-electron chi connectivity index (χ0n) is 9.28. The zero-order chi connectivity index (χ0) is 13.5. The van der Waals surface area contributed by atoms with E-state index in [0.717, 1.165) is 12.1 Å². The van der Waals surface area contributed by atoms with Crippen molar-refractivity contribution in [1.82, 2.24) is 0 Å².